The van der Waals surface area contributed by atoms with E-state index in [2.05, 4.69) is 5.32 Å². The smallest absolute Gasteiger partial charge is 0.317 e. The van der Waals surface area contributed by atoms with Crippen molar-refractivity contribution in [3.05, 3.63) is 35.6 Å². The van der Waals surface area contributed by atoms with Crippen molar-refractivity contribution in [2.45, 2.75) is 31.5 Å². The highest BCUT2D eigenvalue weighted by Gasteiger charge is 2.27. The molecule has 0 saturated heterocycles. The summed E-state index contributed by atoms with van der Waals surface area (Å²) in [5, 5.41) is 2.82. The van der Waals surface area contributed by atoms with E-state index in [-0.39, 0.29) is 18.3 Å². The van der Waals surface area contributed by atoms with Crippen molar-refractivity contribution in [1.82, 2.24) is 5.32 Å². The van der Waals surface area contributed by atoms with E-state index < -0.39 is 12.6 Å². The maximum Gasteiger partial charge on any atom is 0.389 e. The summed E-state index contributed by atoms with van der Waals surface area (Å²) in [6.45, 7) is 0. The minimum atomic E-state index is -4.14. The molecule has 1 atom stereocenters. The SMILES string of the molecule is CNC(CCC(F)(F)F)Cc1cccc(F)c1. The van der Waals surface area contributed by atoms with Gasteiger partial charge >= 0.3 is 6.18 Å². The fraction of sp³-hybridized carbons (Fsp3) is 0.500. The zero-order valence-corrected chi connectivity index (χ0v) is 9.52. The Bertz CT molecular complexity index is 349. The second-order valence-corrected chi connectivity index (χ2v) is 3.97. The Morgan fingerprint density at radius 2 is 2.00 bits per heavy atom. The van der Waals surface area contributed by atoms with E-state index in [1.165, 1.54) is 12.1 Å². The number of halogens is 4. The molecule has 5 heteroatoms. The van der Waals surface area contributed by atoms with E-state index in [0.717, 1.165) is 0 Å². The van der Waals surface area contributed by atoms with Crippen LogP contribution in [0.25, 0.3) is 0 Å². The number of benzene rings is 1. The Kier molecular flexibility index (Phi) is 4.93. The van der Waals surface area contributed by atoms with Gasteiger partial charge in [-0.25, -0.2) is 4.39 Å². The van der Waals surface area contributed by atoms with Crippen molar-refractivity contribution in [3.63, 3.8) is 0 Å². The van der Waals surface area contributed by atoms with E-state index in [1.807, 2.05) is 0 Å². The van der Waals surface area contributed by atoms with Gasteiger partial charge in [-0.1, -0.05) is 12.1 Å². The van der Waals surface area contributed by atoms with Gasteiger partial charge in [0.1, 0.15) is 5.82 Å². The average molecular weight is 249 g/mol. The highest BCUT2D eigenvalue weighted by Crippen LogP contribution is 2.23. The van der Waals surface area contributed by atoms with Crippen LogP contribution in [0.1, 0.15) is 18.4 Å². The average Bonchev–Trinajstić information content (AvgIpc) is 2.23. The highest BCUT2D eigenvalue weighted by atomic mass is 19.4. The van der Waals surface area contributed by atoms with Gasteiger partial charge in [-0.3, -0.25) is 0 Å². The van der Waals surface area contributed by atoms with E-state index in [4.69, 9.17) is 0 Å². The first kappa shape index (κ1) is 14.0. The first-order valence-corrected chi connectivity index (χ1v) is 5.39. The molecule has 0 aliphatic rings. The summed E-state index contributed by atoms with van der Waals surface area (Å²) >= 11 is 0. The standard InChI is InChI=1S/C12H15F4N/c1-17-11(5-6-12(14,15)16)8-9-3-2-4-10(13)7-9/h2-4,7,11,17H,5-6,8H2,1H3. The summed E-state index contributed by atoms with van der Waals surface area (Å²) in [6.07, 6.45) is -4.58. The van der Waals surface area contributed by atoms with Gasteiger partial charge in [0.15, 0.2) is 0 Å². The molecule has 1 rings (SSSR count). The monoisotopic (exact) mass is 249 g/mol. The maximum atomic E-state index is 12.9. The van der Waals surface area contributed by atoms with E-state index in [9.17, 15) is 17.6 Å². The molecule has 1 N–H and O–H groups in total. The fourth-order valence-electron chi connectivity index (χ4n) is 1.63. The van der Waals surface area contributed by atoms with E-state index in [0.29, 0.717) is 12.0 Å². The van der Waals surface area contributed by atoms with E-state index in [1.54, 1.807) is 19.2 Å². The lowest BCUT2D eigenvalue weighted by Gasteiger charge is -2.17. The first-order chi connectivity index (χ1) is 7.90. The topological polar surface area (TPSA) is 12.0 Å². The summed E-state index contributed by atoms with van der Waals surface area (Å²) in [5.74, 6) is -0.367. The molecule has 1 unspecified atom stereocenters. The summed E-state index contributed by atoms with van der Waals surface area (Å²) in [5.41, 5.74) is 0.700. The molecule has 0 bridgehead atoms. The zero-order chi connectivity index (χ0) is 12.9. The quantitative estimate of drug-likeness (QED) is 0.789. The van der Waals surface area contributed by atoms with Crippen LogP contribution in [0.3, 0.4) is 0 Å². The van der Waals surface area contributed by atoms with Crippen molar-refractivity contribution >= 4 is 0 Å². The van der Waals surface area contributed by atoms with Crippen LogP contribution < -0.4 is 5.32 Å². The first-order valence-electron chi connectivity index (χ1n) is 5.39. The summed E-state index contributed by atoms with van der Waals surface area (Å²) in [6, 6.07) is 5.63. The van der Waals surface area contributed by atoms with Crippen molar-refractivity contribution in [1.29, 1.82) is 0 Å². The molecule has 1 aromatic rings. The molecule has 1 nitrogen and oxygen atoms in total. The molecule has 0 spiro atoms. The van der Waals surface area contributed by atoms with Crippen molar-refractivity contribution in [2.75, 3.05) is 7.05 Å². The summed E-state index contributed by atoms with van der Waals surface area (Å²) < 4.78 is 49.1. The van der Waals surface area contributed by atoms with Crippen LogP contribution in [0.15, 0.2) is 24.3 Å². The Hall–Kier alpha value is -1.10. The Morgan fingerprint density at radius 1 is 1.29 bits per heavy atom. The molecule has 0 heterocycles. The normalized spacial score (nSPS) is 13.7. The van der Waals surface area contributed by atoms with Gasteiger partial charge in [0, 0.05) is 12.5 Å². The number of rotatable bonds is 5. The third kappa shape index (κ3) is 5.68. The zero-order valence-electron chi connectivity index (χ0n) is 9.52. The van der Waals surface area contributed by atoms with E-state index >= 15 is 0 Å². The van der Waals surface area contributed by atoms with Crippen LogP contribution in [0.4, 0.5) is 17.6 Å². The molecule has 0 amide bonds. The van der Waals surface area contributed by atoms with Crippen molar-refractivity contribution < 1.29 is 17.6 Å². The number of likely N-dealkylation sites (N-methyl/N-ethyl adjacent to an activating group) is 1. The molecular weight excluding hydrogens is 234 g/mol. The molecule has 0 aliphatic heterocycles. The second-order valence-electron chi connectivity index (χ2n) is 3.97. The van der Waals surface area contributed by atoms with Gasteiger partial charge in [0.25, 0.3) is 0 Å². The molecule has 0 radical (unpaired) electrons. The summed E-state index contributed by atoms with van der Waals surface area (Å²) in [4.78, 5) is 0. The number of nitrogens with one attached hydrogen (secondary N) is 1. The van der Waals surface area contributed by atoms with Gasteiger partial charge < -0.3 is 5.32 Å². The van der Waals surface area contributed by atoms with Crippen LogP contribution in [0.5, 0.6) is 0 Å². The second kappa shape index (κ2) is 6.00. The van der Waals surface area contributed by atoms with Crippen molar-refractivity contribution in [2.24, 2.45) is 0 Å². The third-order valence-electron chi connectivity index (χ3n) is 2.56. The van der Waals surface area contributed by atoms with Crippen molar-refractivity contribution in [3.8, 4) is 0 Å². The van der Waals surface area contributed by atoms with Crippen LogP contribution >= 0.6 is 0 Å². The predicted octanol–water partition coefficient (Wildman–Crippen LogP) is 3.30. The van der Waals surface area contributed by atoms with Crippen LogP contribution in [-0.4, -0.2) is 19.3 Å². The van der Waals surface area contributed by atoms with Crippen LogP contribution in [0, 0.1) is 5.82 Å². The highest BCUT2D eigenvalue weighted by molar-refractivity contribution is 5.17. The molecule has 0 fully saturated rings. The molecule has 17 heavy (non-hydrogen) atoms. The number of hydrogen-bond donors (Lipinski definition) is 1. The lowest BCUT2D eigenvalue weighted by Crippen LogP contribution is -2.29. The molecule has 0 saturated carbocycles. The maximum absolute atomic E-state index is 12.9. The Balaban J connectivity index is 2.52. The Morgan fingerprint density at radius 3 is 2.53 bits per heavy atom. The van der Waals surface area contributed by atoms with Gasteiger partial charge in [0.2, 0.25) is 0 Å². The molecular formula is C12H15F4N. The van der Waals surface area contributed by atoms with Crippen LogP contribution in [-0.2, 0) is 6.42 Å². The van der Waals surface area contributed by atoms with Gasteiger partial charge in [-0.2, -0.15) is 13.2 Å². The van der Waals surface area contributed by atoms with Gasteiger partial charge in [0.05, 0.1) is 0 Å². The fourth-order valence-corrected chi connectivity index (χ4v) is 1.63. The molecule has 0 aromatic heterocycles. The molecule has 96 valence electrons. The lowest BCUT2D eigenvalue weighted by molar-refractivity contribution is -0.136. The summed E-state index contributed by atoms with van der Waals surface area (Å²) in [7, 11) is 1.61. The number of hydrogen-bond acceptors (Lipinski definition) is 1. The molecule has 0 aliphatic carbocycles. The van der Waals surface area contributed by atoms with Gasteiger partial charge in [-0.15, -0.1) is 0 Å². The Labute approximate surface area is 97.8 Å². The largest absolute Gasteiger partial charge is 0.389 e. The van der Waals surface area contributed by atoms with Gasteiger partial charge in [-0.05, 0) is 37.6 Å². The predicted molar refractivity (Wildman–Crippen MR) is 58.2 cm³/mol. The lowest BCUT2D eigenvalue weighted by atomic mass is 10.0. The minimum absolute atomic E-state index is 0.00346. The van der Waals surface area contributed by atoms with Crippen LogP contribution in [0.2, 0.25) is 0 Å². The number of alkyl halides is 3. The third-order valence-corrected chi connectivity index (χ3v) is 2.56. The minimum Gasteiger partial charge on any atom is -0.317 e. The molecule has 1 aromatic carbocycles.